The average molecular weight is 632 g/mol. The molecular formula is C33H31F2N5O6. The first-order chi connectivity index (χ1) is 22.0. The molecule has 238 valence electrons. The molecule has 0 atom stereocenters. The zero-order chi connectivity index (χ0) is 33.1. The van der Waals surface area contributed by atoms with Gasteiger partial charge in [0.15, 0.2) is 11.5 Å². The number of aromatic carboxylic acids is 1. The quantitative estimate of drug-likeness (QED) is 0.111. The number of aliphatic imine (C=N–C) groups is 1. The van der Waals surface area contributed by atoms with Crippen LogP contribution in [0.3, 0.4) is 0 Å². The number of phenols is 1. The number of rotatable bonds is 11. The van der Waals surface area contributed by atoms with Gasteiger partial charge in [-0.3, -0.25) is 10.4 Å². The molecule has 0 fully saturated rings. The number of pyridine rings is 1. The number of nitrogen functional groups attached to an aromatic ring is 1. The summed E-state index contributed by atoms with van der Waals surface area (Å²) in [5.74, 6) is -6.39. The van der Waals surface area contributed by atoms with Crippen LogP contribution < -0.4 is 19.9 Å². The van der Waals surface area contributed by atoms with Crippen LogP contribution in [0, 0.1) is 17.0 Å². The Morgan fingerprint density at radius 1 is 0.957 bits per heavy atom. The molecule has 0 spiro atoms. The van der Waals surface area contributed by atoms with E-state index in [1.165, 1.54) is 30.3 Å². The van der Waals surface area contributed by atoms with Gasteiger partial charge in [-0.05, 0) is 66.4 Å². The number of nitrogens with two attached hydrogens (primary N) is 1. The SMILES string of the molecule is CCc1cc(C(=O)O)cc(CC)c1Oc1c(F)c(Oc2cccc(C3=NCCN3C)c2)nc(Oc2cc(C(=N)N)ccc2O)c1F. The number of carbonyl (C=O) groups is 1. The first kappa shape index (κ1) is 31.7. The van der Waals surface area contributed by atoms with Gasteiger partial charge in [0.1, 0.15) is 23.2 Å². The van der Waals surface area contributed by atoms with E-state index in [0.29, 0.717) is 36.1 Å². The summed E-state index contributed by atoms with van der Waals surface area (Å²) in [6.07, 6.45) is 0.586. The second-order valence-corrected chi connectivity index (χ2v) is 10.4. The van der Waals surface area contributed by atoms with Crippen LogP contribution in [-0.2, 0) is 12.8 Å². The Bertz CT molecular complexity index is 1850. The molecule has 0 unspecified atom stereocenters. The highest BCUT2D eigenvalue weighted by atomic mass is 19.1. The van der Waals surface area contributed by atoms with Crippen LogP contribution in [0.1, 0.15) is 46.5 Å². The molecular weight excluding hydrogens is 600 g/mol. The van der Waals surface area contributed by atoms with Crippen molar-refractivity contribution in [2.24, 2.45) is 10.7 Å². The first-order valence-electron chi connectivity index (χ1n) is 14.4. The molecule has 5 N–H and O–H groups in total. The van der Waals surface area contributed by atoms with Crippen molar-refractivity contribution >= 4 is 17.6 Å². The third-order valence-electron chi connectivity index (χ3n) is 7.28. The monoisotopic (exact) mass is 631 g/mol. The van der Waals surface area contributed by atoms with Crippen LogP contribution in [0.4, 0.5) is 8.78 Å². The molecule has 11 nitrogen and oxygen atoms in total. The van der Waals surface area contributed by atoms with E-state index < -0.39 is 40.9 Å². The summed E-state index contributed by atoms with van der Waals surface area (Å²) in [6, 6.07) is 13.2. The lowest BCUT2D eigenvalue weighted by molar-refractivity contribution is 0.0696. The number of benzene rings is 3. The van der Waals surface area contributed by atoms with Gasteiger partial charge in [0.25, 0.3) is 11.8 Å². The maximum atomic E-state index is 16.2. The average Bonchev–Trinajstić information content (AvgIpc) is 3.47. The molecule has 2 heterocycles. The van der Waals surface area contributed by atoms with Crippen LogP contribution in [0.5, 0.6) is 40.5 Å². The van der Waals surface area contributed by atoms with Crippen LogP contribution in [0.15, 0.2) is 59.6 Å². The Hall–Kier alpha value is -5.72. The van der Waals surface area contributed by atoms with Crippen molar-refractivity contribution in [3.63, 3.8) is 0 Å². The fraction of sp³-hybridized carbons (Fsp3) is 0.212. The van der Waals surface area contributed by atoms with Crippen molar-refractivity contribution in [2.45, 2.75) is 26.7 Å². The first-order valence-corrected chi connectivity index (χ1v) is 14.4. The highest BCUT2D eigenvalue weighted by Crippen LogP contribution is 2.43. The molecule has 1 aliphatic heterocycles. The second kappa shape index (κ2) is 13.1. The third-order valence-corrected chi connectivity index (χ3v) is 7.28. The van der Waals surface area contributed by atoms with Gasteiger partial charge in [-0.2, -0.15) is 13.8 Å². The lowest BCUT2D eigenvalue weighted by atomic mass is 10.0. The maximum Gasteiger partial charge on any atom is 0.335 e. The molecule has 0 radical (unpaired) electrons. The Morgan fingerprint density at radius 3 is 2.22 bits per heavy atom. The minimum atomic E-state index is -1.36. The van der Waals surface area contributed by atoms with Gasteiger partial charge in [0.2, 0.25) is 17.4 Å². The predicted molar refractivity (Wildman–Crippen MR) is 166 cm³/mol. The summed E-state index contributed by atoms with van der Waals surface area (Å²) in [4.78, 5) is 22.1. The summed E-state index contributed by atoms with van der Waals surface area (Å²) < 4.78 is 49.7. The predicted octanol–water partition coefficient (Wildman–Crippen LogP) is 6.24. The minimum Gasteiger partial charge on any atom is -0.504 e. The number of hydrogen-bond donors (Lipinski definition) is 4. The summed E-state index contributed by atoms with van der Waals surface area (Å²) in [5, 5.41) is 27.7. The number of hydrogen-bond acceptors (Lipinski definition) is 9. The van der Waals surface area contributed by atoms with Crippen LogP contribution in [0.2, 0.25) is 0 Å². The summed E-state index contributed by atoms with van der Waals surface area (Å²) in [5.41, 5.74) is 7.24. The number of halogens is 2. The number of carboxylic acids is 1. The Kier molecular flexibility index (Phi) is 9.03. The standard InChI is InChI=1S/C33H31F2N5O6/c1-4-17-13-21(33(42)43)14-18(5-2)27(17)46-28-25(34)31(44-22-8-6-7-20(15-22)30-38-11-12-40(30)3)39-32(26(28)35)45-24-16-19(29(36)37)9-10-23(24)41/h6-10,13-16,41H,4-5,11-12H2,1-3H3,(H3,36,37)(H,42,43). The Labute approximate surface area is 263 Å². The van der Waals surface area contributed by atoms with Crippen LogP contribution in [-0.4, -0.2) is 57.9 Å². The van der Waals surface area contributed by atoms with Gasteiger partial charge < -0.3 is 35.1 Å². The van der Waals surface area contributed by atoms with E-state index in [-0.39, 0.29) is 34.2 Å². The summed E-state index contributed by atoms with van der Waals surface area (Å²) in [7, 11) is 1.89. The third kappa shape index (κ3) is 6.39. The van der Waals surface area contributed by atoms with Gasteiger partial charge in [-0.1, -0.05) is 26.0 Å². The fourth-order valence-corrected chi connectivity index (χ4v) is 4.86. The van der Waals surface area contributed by atoms with Crippen molar-refractivity contribution < 1.29 is 38.0 Å². The number of carboxylic acid groups (broad SMARTS) is 1. The highest BCUT2D eigenvalue weighted by Gasteiger charge is 2.28. The lowest BCUT2D eigenvalue weighted by Crippen LogP contribution is -2.23. The molecule has 4 aromatic rings. The van der Waals surface area contributed by atoms with Crippen molar-refractivity contribution in [2.75, 3.05) is 20.1 Å². The number of amidine groups is 2. The molecule has 1 aliphatic rings. The molecule has 0 aliphatic carbocycles. The van der Waals surface area contributed by atoms with Gasteiger partial charge >= 0.3 is 5.97 Å². The van der Waals surface area contributed by atoms with E-state index >= 15 is 8.78 Å². The lowest BCUT2D eigenvalue weighted by Gasteiger charge is -2.19. The molecule has 46 heavy (non-hydrogen) atoms. The van der Waals surface area contributed by atoms with E-state index in [9.17, 15) is 15.0 Å². The fourth-order valence-electron chi connectivity index (χ4n) is 4.86. The van der Waals surface area contributed by atoms with E-state index in [4.69, 9.17) is 25.4 Å². The normalized spacial score (nSPS) is 12.5. The van der Waals surface area contributed by atoms with Crippen molar-refractivity contribution in [1.29, 1.82) is 5.41 Å². The number of nitrogens with one attached hydrogen (secondary N) is 1. The van der Waals surface area contributed by atoms with E-state index in [1.807, 2.05) is 18.0 Å². The molecule has 0 bridgehead atoms. The molecule has 13 heteroatoms. The summed E-state index contributed by atoms with van der Waals surface area (Å²) in [6.45, 7) is 4.86. The number of aryl methyl sites for hydroxylation is 2. The largest absolute Gasteiger partial charge is 0.504 e. The number of phenolic OH excluding ortho intramolecular Hbond substituents is 1. The second-order valence-electron chi connectivity index (χ2n) is 10.4. The Morgan fingerprint density at radius 2 is 1.63 bits per heavy atom. The van der Waals surface area contributed by atoms with E-state index in [1.54, 1.807) is 32.0 Å². The van der Waals surface area contributed by atoms with Crippen LogP contribution >= 0.6 is 0 Å². The van der Waals surface area contributed by atoms with Gasteiger partial charge in [0, 0.05) is 24.7 Å². The number of aromatic hydroxyl groups is 1. The Balaban J connectivity index is 1.64. The molecule has 5 rings (SSSR count). The van der Waals surface area contributed by atoms with Crippen molar-refractivity contribution in [3.05, 3.63) is 94.0 Å². The highest BCUT2D eigenvalue weighted by molar-refractivity contribution is 6.00. The van der Waals surface area contributed by atoms with Crippen molar-refractivity contribution in [3.8, 4) is 40.5 Å². The molecule has 0 amide bonds. The summed E-state index contributed by atoms with van der Waals surface area (Å²) >= 11 is 0. The number of aromatic nitrogens is 1. The van der Waals surface area contributed by atoms with Gasteiger partial charge in [-0.15, -0.1) is 0 Å². The number of ether oxygens (including phenoxy) is 3. The molecule has 3 aromatic carbocycles. The zero-order valence-corrected chi connectivity index (χ0v) is 25.2. The van der Waals surface area contributed by atoms with E-state index in [2.05, 4.69) is 9.98 Å². The van der Waals surface area contributed by atoms with Crippen molar-refractivity contribution in [1.82, 2.24) is 9.88 Å². The van der Waals surface area contributed by atoms with E-state index in [0.717, 1.165) is 12.4 Å². The van der Waals surface area contributed by atoms with Gasteiger partial charge in [-0.25, -0.2) is 4.79 Å². The van der Waals surface area contributed by atoms with Crippen LogP contribution in [0.25, 0.3) is 0 Å². The molecule has 1 aromatic heterocycles. The number of likely N-dealkylation sites (N-methyl/N-ethyl adjacent to an activating group) is 1. The number of nitrogens with zero attached hydrogens (tertiary/aromatic N) is 3. The topological polar surface area (TPSA) is 164 Å². The molecule has 0 saturated carbocycles. The minimum absolute atomic E-state index is 0.00277. The van der Waals surface area contributed by atoms with Gasteiger partial charge in [0.05, 0.1) is 12.1 Å². The smallest absolute Gasteiger partial charge is 0.335 e. The molecule has 0 saturated heterocycles. The maximum absolute atomic E-state index is 16.2. The zero-order valence-electron chi connectivity index (χ0n) is 25.2.